The van der Waals surface area contributed by atoms with Gasteiger partial charge in [0.2, 0.25) is 0 Å². The number of rotatable bonds is 8. The molecule has 0 heterocycles. The number of hydrogen-bond acceptors (Lipinski definition) is 4. The summed E-state index contributed by atoms with van der Waals surface area (Å²) in [5.74, 6) is -2.28. The van der Waals surface area contributed by atoms with Crippen LogP contribution in [0.15, 0.2) is 91.0 Å². The number of benzene rings is 3. The predicted molar refractivity (Wildman–Crippen MR) is 118 cm³/mol. The van der Waals surface area contributed by atoms with Crippen LogP contribution in [0.5, 0.6) is 0 Å². The fourth-order valence-corrected chi connectivity index (χ4v) is 2.61. The zero-order chi connectivity index (χ0) is 22.5. The van der Waals surface area contributed by atoms with Crippen molar-refractivity contribution in [1.29, 1.82) is 0 Å². The van der Waals surface area contributed by atoms with Gasteiger partial charge in [-0.15, -0.1) is 0 Å². The molecule has 0 spiro atoms. The Morgan fingerprint density at radius 2 is 1.26 bits per heavy atom. The number of amides is 1. The third-order valence-corrected chi connectivity index (χ3v) is 4.14. The van der Waals surface area contributed by atoms with Crippen molar-refractivity contribution in [2.24, 2.45) is 0 Å². The van der Waals surface area contributed by atoms with E-state index in [4.69, 9.17) is 5.11 Å². The molecule has 3 rings (SSSR count). The maximum atomic E-state index is 12.0. The number of carboxylic acid groups (broad SMARTS) is 2. The Balaban J connectivity index is 0.000000262. The Morgan fingerprint density at radius 3 is 1.77 bits per heavy atom. The summed E-state index contributed by atoms with van der Waals surface area (Å²) in [7, 11) is 0. The van der Waals surface area contributed by atoms with E-state index in [2.05, 4.69) is 10.6 Å². The topological polar surface area (TPSA) is 116 Å². The molecule has 3 aromatic rings. The quantitative estimate of drug-likeness (QED) is 0.444. The van der Waals surface area contributed by atoms with E-state index in [0.29, 0.717) is 5.56 Å². The number of carboxylic acids is 2. The minimum Gasteiger partial charge on any atom is -0.480 e. The number of carbonyl (C=O) groups excluding carboxylic acids is 1. The fourth-order valence-electron chi connectivity index (χ4n) is 2.61. The third-order valence-electron chi connectivity index (χ3n) is 4.14. The lowest BCUT2D eigenvalue weighted by atomic mass is 10.1. The molecule has 1 amide bonds. The summed E-state index contributed by atoms with van der Waals surface area (Å²) in [5.41, 5.74) is 2.15. The van der Waals surface area contributed by atoms with Gasteiger partial charge in [-0.2, -0.15) is 0 Å². The highest BCUT2D eigenvalue weighted by Crippen LogP contribution is 2.06. The molecule has 4 N–H and O–H groups in total. The molecule has 0 aliphatic rings. The molecule has 160 valence electrons. The first-order valence-corrected chi connectivity index (χ1v) is 9.59. The molecule has 0 fully saturated rings. The molecular formula is C24H24N2O5. The molecule has 31 heavy (non-hydrogen) atoms. The van der Waals surface area contributed by atoms with Crippen molar-refractivity contribution in [3.63, 3.8) is 0 Å². The van der Waals surface area contributed by atoms with Gasteiger partial charge in [0.15, 0.2) is 0 Å². The van der Waals surface area contributed by atoms with Crippen LogP contribution in [-0.4, -0.2) is 40.6 Å². The number of para-hydroxylation sites is 1. The predicted octanol–water partition coefficient (Wildman–Crippen LogP) is 3.30. The molecule has 0 saturated heterocycles. The average Bonchev–Trinajstić information content (AvgIpc) is 2.79. The van der Waals surface area contributed by atoms with Gasteiger partial charge in [-0.1, -0.05) is 66.7 Å². The largest absolute Gasteiger partial charge is 0.480 e. The van der Waals surface area contributed by atoms with Crippen molar-refractivity contribution in [3.8, 4) is 0 Å². The second-order valence-electron chi connectivity index (χ2n) is 6.53. The summed E-state index contributed by atoms with van der Waals surface area (Å²) in [6.45, 7) is -0.0377. The van der Waals surface area contributed by atoms with E-state index in [9.17, 15) is 19.5 Å². The lowest BCUT2D eigenvalue weighted by molar-refractivity contribution is -0.139. The van der Waals surface area contributed by atoms with Gasteiger partial charge in [0.25, 0.3) is 5.91 Å². The molecule has 3 aromatic carbocycles. The molecule has 7 heteroatoms. The van der Waals surface area contributed by atoms with Crippen molar-refractivity contribution >= 4 is 23.5 Å². The van der Waals surface area contributed by atoms with Crippen molar-refractivity contribution < 1.29 is 24.6 Å². The Kier molecular flexibility index (Phi) is 9.29. The molecule has 1 unspecified atom stereocenters. The number of anilines is 1. The van der Waals surface area contributed by atoms with Crippen LogP contribution in [0.25, 0.3) is 0 Å². The molecule has 7 nitrogen and oxygen atoms in total. The van der Waals surface area contributed by atoms with Crippen molar-refractivity contribution in [2.75, 3.05) is 11.9 Å². The molecule has 0 aliphatic carbocycles. The summed E-state index contributed by atoms with van der Waals surface area (Å²) >= 11 is 0. The zero-order valence-corrected chi connectivity index (χ0v) is 16.8. The number of aliphatic carboxylic acids is 2. The van der Waals surface area contributed by atoms with E-state index < -0.39 is 18.0 Å². The van der Waals surface area contributed by atoms with E-state index in [1.54, 1.807) is 30.3 Å². The van der Waals surface area contributed by atoms with Gasteiger partial charge in [-0.3, -0.25) is 9.59 Å². The maximum Gasteiger partial charge on any atom is 0.326 e. The highest BCUT2D eigenvalue weighted by atomic mass is 16.4. The Bertz CT molecular complexity index is 963. The summed E-state index contributed by atoms with van der Waals surface area (Å²) < 4.78 is 0. The zero-order valence-electron chi connectivity index (χ0n) is 16.8. The lowest BCUT2D eigenvalue weighted by Crippen LogP contribution is -2.42. The Labute approximate surface area is 180 Å². The van der Waals surface area contributed by atoms with E-state index in [1.165, 1.54) is 0 Å². The lowest BCUT2D eigenvalue weighted by Gasteiger charge is -2.14. The van der Waals surface area contributed by atoms with Crippen LogP contribution in [0.2, 0.25) is 0 Å². The SMILES string of the molecule is O=C(NC(Cc1ccccc1)C(=O)O)c1ccccc1.O=C(O)CNc1ccccc1. The van der Waals surface area contributed by atoms with E-state index >= 15 is 0 Å². The average molecular weight is 420 g/mol. The van der Waals surface area contributed by atoms with Gasteiger partial charge in [0.05, 0.1) is 0 Å². The Hall–Kier alpha value is -4.13. The van der Waals surface area contributed by atoms with Crippen molar-refractivity contribution in [2.45, 2.75) is 12.5 Å². The minimum absolute atomic E-state index is 0.0377. The smallest absolute Gasteiger partial charge is 0.326 e. The minimum atomic E-state index is -1.04. The normalized spacial score (nSPS) is 10.7. The van der Waals surface area contributed by atoms with Crippen LogP contribution >= 0.6 is 0 Å². The van der Waals surface area contributed by atoms with E-state index in [1.807, 2.05) is 60.7 Å². The summed E-state index contributed by atoms with van der Waals surface area (Å²) in [5, 5.41) is 22.8. The molecular weight excluding hydrogens is 396 g/mol. The molecule has 0 saturated carbocycles. The standard InChI is InChI=1S/C16H15NO3.C8H9NO2/c18-15(13-9-5-2-6-10-13)17-14(16(19)20)11-12-7-3-1-4-8-12;10-8(11)6-9-7-4-2-1-3-5-7/h1-10,14H,11H2,(H,17,18)(H,19,20);1-5,9H,6H2,(H,10,11). The summed E-state index contributed by atoms with van der Waals surface area (Å²) in [6.07, 6.45) is 0.259. The van der Waals surface area contributed by atoms with Crippen LogP contribution in [0.3, 0.4) is 0 Å². The monoisotopic (exact) mass is 420 g/mol. The highest BCUT2D eigenvalue weighted by Gasteiger charge is 2.20. The van der Waals surface area contributed by atoms with E-state index in [0.717, 1.165) is 11.3 Å². The molecule has 0 aliphatic heterocycles. The molecule has 0 bridgehead atoms. The van der Waals surface area contributed by atoms with Crippen LogP contribution in [0, 0.1) is 0 Å². The van der Waals surface area contributed by atoms with E-state index in [-0.39, 0.29) is 18.9 Å². The van der Waals surface area contributed by atoms with Gasteiger partial charge in [-0.25, -0.2) is 4.79 Å². The summed E-state index contributed by atoms with van der Waals surface area (Å²) in [6, 6.07) is 26.1. The second kappa shape index (κ2) is 12.4. The second-order valence-corrected chi connectivity index (χ2v) is 6.53. The van der Waals surface area contributed by atoms with Crippen molar-refractivity contribution in [1.82, 2.24) is 5.32 Å². The first-order valence-electron chi connectivity index (χ1n) is 9.59. The van der Waals surface area contributed by atoms with Gasteiger partial charge in [0, 0.05) is 17.7 Å². The molecule has 0 aromatic heterocycles. The third kappa shape index (κ3) is 8.82. The van der Waals surface area contributed by atoms with Gasteiger partial charge in [-0.05, 0) is 29.8 Å². The molecule has 1 atom stereocenters. The van der Waals surface area contributed by atoms with Gasteiger partial charge >= 0.3 is 11.9 Å². The van der Waals surface area contributed by atoms with Gasteiger partial charge in [0.1, 0.15) is 12.6 Å². The first kappa shape index (κ1) is 23.2. The van der Waals surface area contributed by atoms with Gasteiger partial charge < -0.3 is 20.8 Å². The van der Waals surface area contributed by atoms with Crippen LogP contribution in [0.1, 0.15) is 15.9 Å². The first-order chi connectivity index (χ1) is 15.0. The van der Waals surface area contributed by atoms with Crippen LogP contribution < -0.4 is 10.6 Å². The fraction of sp³-hybridized carbons (Fsp3) is 0.125. The maximum absolute atomic E-state index is 12.0. The highest BCUT2D eigenvalue weighted by molar-refractivity contribution is 5.96. The number of hydrogen-bond donors (Lipinski definition) is 4. The van der Waals surface area contributed by atoms with Crippen LogP contribution in [-0.2, 0) is 16.0 Å². The van der Waals surface area contributed by atoms with Crippen molar-refractivity contribution in [3.05, 3.63) is 102 Å². The van der Waals surface area contributed by atoms with Crippen LogP contribution in [0.4, 0.5) is 5.69 Å². The Morgan fingerprint density at radius 1 is 0.742 bits per heavy atom. The number of carbonyl (C=O) groups is 3. The number of nitrogens with one attached hydrogen (secondary N) is 2. The molecule has 0 radical (unpaired) electrons. The summed E-state index contributed by atoms with van der Waals surface area (Å²) in [4.78, 5) is 33.3.